The lowest BCUT2D eigenvalue weighted by Gasteiger charge is -2.07. The average Bonchev–Trinajstić information content (AvgIpc) is 3.19. The fraction of sp³-hybridized carbons (Fsp3) is 0.333. The highest BCUT2D eigenvalue weighted by atomic mass is 32.1. The quantitative estimate of drug-likeness (QED) is 0.308. The molecule has 2 aromatic heterocycles. The van der Waals surface area contributed by atoms with Gasteiger partial charge in [-0.05, 0) is 30.9 Å². The summed E-state index contributed by atoms with van der Waals surface area (Å²) in [4.78, 5) is 2.72. The first-order chi connectivity index (χ1) is 12.6. The van der Waals surface area contributed by atoms with E-state index < -0.39 is 0 Å². The lowest BCUT2D eigenvalue weighted by atomic mass is 9.94. The van der Waals surface area contributed by atoms with Crippen LogP contribution in [-0.2, 0) is 0 Å². The highest BCUT2D eigenvalue weighted by Gasteiger charge is 2.18. The molecule has 0 amide bonds. The summed E-state index contributed by atoms with van der Waals surface area (Å²) in [5.41, 5.74) is 1.26. The summed E-state index contributed by atoms with van der Waals surface area (Å²) in [6, 6.07) is 6.63. The van der Waals surface area contributed by atoms with Crippen LogP contribution in [0.1, 0.15) is 56.9 Å². The summed E-state index contributed by atoms with van der Waals surface area (Å²) in [7, 11) is 0. The van der Waals surface area contributed by atoms with Gasteiger partial charge in [-0.15, -0.1) is 22.7 Å². The molecule has 140 valence electrons. The highest BCUT2D eigenvalue weighted by Crippen LogP contribution is 2.43. The van der Waals surface area contributed by atoms with E-state index in [0.717, 1.165) is 4.53 Å². The molecule has 0 saturated heterocycles. The van der Waals surface area contributed by atoms with Crippen LogP contribution < -0.4 is 4.53 Å². The Balaban J connectivity index is 0.000000515. The third kappa shape index (κ3) is 3.45. The van der Waals surface area contributed by atoms with Gasteiger partial charge in [-0.25, -0.2) is 0 Å². The highest BCUT2D eigenvalue weighted by molar-refractivity contribution is 7.20. The SMILES string of the molecule is C=Cc1c2c(C)sc3cccc(c4c(C)sc(=C)c14)c32.CC.CC.CC. The molecule has 0 aliphatic heterocycles. The number of thiophene rings is 2. The van der Waals surface area contributed by atoms with Crippen molar-refractivity contribution in [3.05, 3.63) is 44.6 Å². The number of fused-ring (bicyclic) bond motifs is 2. The monoisotopic (exact) mass is 384 g/mol. The zero-order chi connectivity index (χ0) is 20.0. The van der Waals surface area contributed by atoms with Crippen LogP contribution in [0.4, 0.5) is 0 Å². The number of hydrogen-bond donors (Lipinski definition) is 0. The minimum atomic E-state index is 1.15. The molecule has 0 radical (unpaired) electrons. The van der Waals surface area contributed by atoms with Crippen LogP contribution in [0.25, 0.3) is 44.3 Å². The molecule has 4 aromatic rings. The molecular formula is C24H32S2. The van der Waals surface area contributed by atoms with Crippen LogP contribution in [0.3, 0.4) is 0 Å². The Bertz CT molecular complexity index is 1050. The Labute approximate surface area is 166 Å². The summed E-state index contributed by atoms with van der Waals surface area (Å²) in [5, 5.41) is 6.80. The summed E-state index contributed by atoms with van der Waals surface area (Å²) >= 11 is 3.67. The molecule has 0 spiro atoms. The summed E-state index contributed by atoms with van der Waals surface area (Å²) in [5.74, 6) is 0. The first-order valence-corrected chi connectivity index (χ1v) is 11.2. The second-order valence-electron chi connectivity index (χ2n) is 5.16. The third-order valence-electron chi connectivity index (χ3n) is 4.06. The lowest BCUT2D eigenvalue weighted by molar-refractivity contribution is 1.50. The van der Waals surface area contributed by atoms with Crippen molar-refractivity contribution in [3.63, 3.8) is 0 Å². The van der Waals surface area contributed by atoms with Crippen molar-refractivity contribution in [2.45, 2.75) is 55.4 Å². The molecule has 0 atom stereocenters. The molecule has 26 heavy (non-hydrogen) atoms. The molecule has 0 fully saturated rings. The molecule has 2 heteroatoms. The number of benzene rings is 2. The predicted molar refractivity (Wildman–Crippen MR) is 129 cm³/mol. The molecule has 2 heterocycles. The van der Waals surface area contributed by atoms with Crippen LogP contribution in [0, 0.1) is 13.8 Å². The first kappa shape index (κ1) is 22.4. The Kier molecular flexibility index (Phi) is 8.52. The van der Waals surface area contributed by atoms with Crippen molar-refractivity contribution >= 4 is 67.0 Å². The molecule has 0 unspecified atom stereocenters. The van der Waals surface area contributed by atoms with E-state index in [9.17, 15) is 0 Å². The molecule has 0 saturated carbocycles. The smallest absolute Gasteiger partial charge is 0.0358 e. The van der Waals surface area contributed by atoms with Crippen molar-refractivity contribution in [3.8, 4) is 0 Å². The fourth-order valence-electron chi connectivity index (χ4n) is 3.34. The van der Waals surface area contributed by atoms with E-state index in [1.54, 1.807) is 11.3 Å². The van der Waals surface area contributed by atoms with Gasteiger partial charge in [0.05, 0.1) is 0 Å². The normalized spacial score (nSPS) is 9.85. The van der Waals surface area contributed by atoms with Gasteiger partial charge < -0.3 is 0 Å². The number of hydrogen-bond acceptors (Lipinski definition) is 2. The van der Waals surface area contributed by atoms with Crippen molar-refractivity contribution in [2.24, 2.45) is 0 Å². The maximum Gasteiger partial charge on any atom is 0.0358 e. The van der Waals surface area contributed by atoms with Crippen LogP contribution >= 0.6 is 22.7 Å². The zero-order valence-corrected chi connectivity index (χ0v) is 19.2. The second kappa shape index (κ2) is 9.89. The van der Waals surface area contributed by atoms with Gasteiger partial charge in [0.2, 0.25) is 0 Å². The van der Waals surface area contributed by atoms with Gasteiger partial charge in [-0.1, -0.05) is 72.9 Å². The second-order valence-corrected chi connectivity index (χ2v) is 7.73. The largest absolute Gasteiger partial charge is 0.141 e. The van der Waals surface area contributed by atoms with Gasteiger partial charge >= 0.3 is 0 Å². The van der Waals surface area contributed by atoms with E-state index in [-0.39, 0.29) is 0 Å². The topological polar surface area (TPSA) is 0 Å². The van der Waals surface area contributed by atoms with Gasteiger partial charge in [-0.2, -0.15) is 0 Å². The molecule has 0 bridgehead atoms. The maximum atomic E-state index is 4.26. The summed E-state index contributed by atoms with van der Waals surface area (Å²) in [6.45, 7) is 24.7. The van der Waals surface area contributed by atoms with Crippen molar-refractivity contribution in [2.75, 3.05) is 0 Å². The molecule has 2 aromatic carbocycles. The van der Waals surface area contributed by atoms with Gasteiger partial charge in [0.15, 0.2) is 0 Å². The van der Waals surface area contributed by atoms with Crippen LogP contribution in [0.5, 0.6) is 0 Å². The average molecular weight is 385 g/mol. The Morgan fingerprint density at radius 2 is 1.35 bits per heavy atom. The first-order valence-electron chi connectivity index (χ1n) is 9.61. The van der Waals surface area contributed by atoms with E-state index in [2.05, 4.69) is 45.2 Å². The number of rotatable bonds is 1. The molecule has 4 rings (SSSR count). The van der Waals surface area contributed by atoms with Crippen LogP contribution in [0.2, 0.25) is 0 Å². The molecule has 0 N–H and O–H groups in total. The molecule has 0 nitrogen and oxygen atoms in total. The summed E-state index contributed by atoms with van der Waals surface area (Å²) < 4.78 is 2.52. The van der Waals surface area contributed by atoms with E-state index in [1.165, 1.54) is 46.9 Å². The Morgan fingerprint density at radius 1 is 0.769 bits per heavy atom. The van der Waals surface area contributed by atoms with Crippen molar-refractivity contribution < 1.29 is 0 Å². The fourth-order valence-corrected chi connectivity index (χ4v) is 5.44. The Morgan fingerprint density at radius 3 is 1.92 bits per heavy atom. The number of aryl methyl sites for hydroxylation is 2. The maximum absolute atomic E-state index is 4.26. The van der Waals surface area contributed by atoms with Crippen molar-refractivity contribution in [1.82, 2.24) is 0 Å². The van der Waals surface area contributed by atoms with Crippen LogP contribution in [0.15, 0.2) is 24.8 Å². The molecule has 0 aliphatic carbocycles. The predicted octanol–water partition coefficient (Wildman–Crippen LogP) is 8.74. The minimum absolute atomic E-state index is 1.15. The van der Waals surface area contributed by atoms with Crippen LogP contribution in [-0.4, -0.2) is 0 Å². The zero-order valence-electron chi connectivity index (χ0n) is 17.5. The van der Waals surface area contributed by atoms with Crippen molar-refractivity contribution in [1.29, 1.82) is 0 Å². The van der Waals surface area contributed by atoms with Gasteiger partial charge in [-0.3, -0.25) is 0 Å². The minimum Gasteiger partial charge on any atom is -0.141 e. The standard InChI is InChI=1S/C18H14S2.3C2H6/c1-5-12-15-9(2)19-10(3)17(15)13-7-6-8-14-18(13)16(12)11(4)20-14;3*1-2/h5-8H,1-2H2,3-4H3;3*1-2H3. The lowest BCUT2D eigenvalue weighted by Crippen LogP contribution is -1.92. The van der Waals surface area contributed by atoms with E-state index in [4.69, 9.17) is 0 Å². The van der Waals surface area contributed by atoms with Gasteiger partial charge in [0.25, 0.3) is 0 Å². The van der Waals surface area contributed by atoms with Gasteiger partial charge in [0.1, 0.15) is 0 Å². The molecular weight excluding hydrogens is 352 g/mol. The van der Waals surface area contributed by atoms with Gasteiger partial charge in [0, 0.05) is 40.5 Å². The van der Waals surface area contributed by atoms with E-state index >= 15 is 0 Å². The summed E-state index contributed by atoms with van der Waals surface area (Å²) in [6.07, 6.45) is 2.00. The molecule has 0 aliphatic rings. The van der Waals surface area contributed by atoms with E-state index in [1.807, 2.05) is 59.0 Å². The third-order valence-corrected chi connectivity index (χ3v) is 6.09. The van der Waals surface area contributed by atoms with E-state index in [0.29, 0.717) is 0 Å². The Hall–Kier alpha value is -1.64.